The largest absolute Gasteiger partial charge is 0.472 e. The normalized spacial score (nSPS) is 14.1. The van der Waals surface area contributed by atoms with Crippen molar-refractivity contribution >= 4 is 39.5 Å². The minimum absolute atomic E-state index is 0.0844. The molecule has 17 nitrogen and oxygen atoms in total. The van der Waals surface area contributed by atoms with Crippen LogP contribution in [0.1, 0.15) is 408 Å². The standard InChI is InChI=1S/C83H158O17P2/c1-8-9-10-11-12-13-14-15-18-26-31-36-45-52-59-66-83(88)100-79(71-94-81(86)65-58-51-44-39-38-42-49-56-63-76(6)7)73-98-102(91,92)96-69-77(84)68-95-101(89,90)97-72-78(70-93-80(85)64-57-50-43-35-30-25-22-21-24-29-34-41-48-55-62-75(4)5)99-82(87)67-60-53-46-37-32-27-20-17-16-19-23-28-33-40-47-54-61-74(2)3/h13-15,18,74-79,84H,8-12,16-17,19-73H2,1-7H3,(H,89,90)(H,91,92)/b14-13-,18-15-/t77-,78-,79-/m1/s1. The molecular weight excluding hydrogens is 1330 g/mol. The Morgan fingerprint density at radius 1 is 0.304 bits per heavy atom. The Labute approximate surface area is 624 Å². The summed E-state index contributed by atoms with van der Waals surface area (Å²) in [7, 11) is -9.94. The highest BCUT2D eigenvalue weighted by atomic mass is 31.2. The van der Waals surface area contributed by atoms with E-state index in [2.05, 4.69) is 72.8 Å². The number of unbranched alkanes of at least 4 members (excludes halogenated alkanes) is 44. The SMILES string of the molecule is CCCCCC/C=C\C=C/CCCCCCCC(=O)O[C@H](COC(=O)CCCCCCCCCCC(C)C)COP(=O)(O)OC[C@H](O)COP(=O)(O)OC[C@@H](COC(=O)CCCCCCCCCCCCCCCCC(C)C)OC(=O)CCCCCCCCCCCCCCCCCCC(C)C. The second-order valence-electron chi connectivity index (χ2n) is 30.6. The summed E-state index contributed by atoms with van der Waals surface area (Å²) in [6, 6.07) is 0. The lowest BCUT2D eigenvalue weighted by Gasteiger charge is -2.21. The van der Waals surface area contributed by atoms with Gasteiger partial charge in [-0.25, -0.2) is 9.13 Å². The van der Waals surface area contributed by atoms with Crippen molar-refractivity contribution in [1.82, 2.24) is 0 Å². The predicted octanol–water partition coefficient (Wildman–Crippen LogP) is 24.5. The van der Waals surface area contributed by atoms with Gasteiger partial charge in [0.25, 0.3) is 0 Å². The lowest BCUT2D eigenvalue weighted by atomic mass is 10.0. The van der Waals surface area contributed by atoms with Gasteiger partial charge in [0.15, 0.2) is 12.2 Å². The summed E-state index contributed by atoms with van der Waals surface area (Å²) in [5.74, 6) is 0.190. The molecule has 0 spiro atoms. The number of hydrogen-bond acceptors (Lipinski definition) is 15. The van der Waals surface area contributed by atoms with Crippen LogP contribution >= 0.6 is 15.6 Å². The Balaban J connectivity index is 5.28. The molecule has 0 aromatic rings. The third-order valence-corrected chi connectivity index (χ3v) is 20.7. The Morgan fingerprint density at radius 2 is 0.529 bits per heavy atom. The van der Waals surface area contributed by atoms with Crippen LogP contribution in [0, 0.1) is 17.8 Å². The Morgan fingerprint density at radius 3 is 0.794 bits per heavy atom. The fourth-order valence-electron chi connectivity index (χ4n) is 12.3. The van der Waals surface area contributed by atoms with Gasteiger partial charge in [-0.3, -0.25) is 37.3 Å². The highest BCUT2D eigenvalue weighted by Crippen LogP contribution is 2.45. The maximum Gasteiger partial charge on any atom is 0.472 e. The van der Waals surface area contributed by atoms with E-state index in [0.29, 0.717) is 25.7 Å². The van der Waals surface area contributed by atoms with Gasteiger partial charge in [0, 0.05) is 25.7 Å². The minimum Gasteiger partial charge on any atom is -0.462 e. The number of phosphoric acid groups is 2. The van der Waals surface area contributed by atoms with E-state index in [9.17, 15) is 43.2 Å². The third-order valence-electron chi connectivity index (χ3n) is 18.8. The zero-order chi connectivity index (χ0) is 75.1. The molecule has 0 saturated heterocycles. The lowest BCUT2D eigenvalue weighted by Crippen LogP contribution is -2.30. The molecule has 0 radical (unpaired) electrons. The molecule has 2 unspecified atom stereocenters. The van der Waals surface area contributed by atoms with E-state index >= 15 is 0 Å². The second-order valence-corrected chi connectivity index (χ2v) is 33.5. The fraction of sp³-hybridized carbons (Fsp3) is 0.904. The van der Waals surface area contributed by atoms with Gasteiger partial charge in [-0.15, -0.1) is 0 Å². The monoisotopic (exact) mass is 1490 g/mol. The summed E-state index contributed by atoms with van der Waals surface area (Å²) < 4.78 is 68.7. The van der Waals surface area contributed by atoms with Crippen molar-refractivity contribution in [3.05, 3.63) is 24.3 Å². The van der Waals surface area contributed by atoms with E-state index in [-0.39, 0.29) is 25.7 Å². The van der Waals surface area contributed by atoms with E-state index in [1.54, 1.807) is 0 Å². The summed E-state index contributed by atoms with van der Waals surface area (Å²) in [6.45, 7) is 11.9. The number of aliphatic hydroxyl groups excluding tert-OH is 1. The van der Waals surface area contributed by atoms with Crippen LogP contribution in [0.2, 0.25) is 0 Å². The Kier molecular flexibility index (Phi) is 71.0. The van der Waals surface area contributed by atoms with Gasteiger partial charge in [0.1, 0.15) is 19.3 Å². The van der Waals surface area contributed by atoms with Gasteiger partial charge in [-0.05, 0) is 69.1 Å². The van der Waals surface area contributed by atoms with Crippen molar-refractivity contribution < 1.29 is 80.2 Å². The molecular formula is C83H158O17P2. The van der Waals surface area contributed by atoms with Crippen molar-refractivity contribution in [3.63, 3.8) is 0 Å². The lowest BCUT2D eigenvalue weighted by molar-refractivity contribution is -0.161. The molecule has 19 heteroatoms. The van der Waals surface area contributed by atoms with E-state index in [1.165, 1.54) is 199 Å². The quantitative estimate of drug-likeness (QED) is 0.0169. The van der Waals surface area contributed by atoms with Crippen LogP contribution in [0.4, 0.5) is 0 Å². The van der Waals surface area contributed by atoms with Crippen LogP contribution in [0.5, 0.6) is 0 Å². The third kappa shape index (κ3) is 75.8. The smallest absolute Gasteiger partial charge is 0.462 e. The van der Waals surface area contributed by atoms with Crippen molar-refractivity contribution in [2.45, 2.75) is 426 Å². The van der Waals surface area contributed by atoms with E-state index in [4.69, 9.17) is 37.0 Å². The molecule has 0 aliphatic heterocycles. The Bertz CT molecular complexity index is 2070. The molecule has 0 amide bonds. The van der Waals surface area contributed by atoms with Gasteiger partial charge in [-0.2, -0.15) is 0 Å². The van der Waals surface area contributed by atoms with Gasteiger partial charge in [0.2, 0.25) is 0 Å². The number of esters is 4. The first-order valence-corrected chi connectivity index (χ1v) is 45.2. The van der Waals surface area contributed by atoms with Crippen molar-refractivity contribution in [2.24, 2.45) is 17.8 Å². The molecule has 0 fully saturated rings. The van der Waals surface area contributed by atoms with Gasteiger partial charge >= 0.3 is 39.5 Å². The molecule has 5 atom stereocenters. The zero-order valence-corrected chi connectivity index (χ0v) is 68.4. The number of rotatable bonds is 79. The summed E-state index contributed by atoms with van der Waals surface area (Å²) in [5.41, 5.74) is 0. The summed E-state index contributed by atoms with van der Waals surface area (Å²) in [5, 5.41) is 10.7. The average Bonchev–Trinajstić information content (AvgIpc) is 0.916. The molecule has 102 heavy (non-hydrogen) atoms. The van der Waals surface area contributed by atoms with Gasteiger partial charge < -0.3 is 33.8 Å². The molecule has 0 saturated carbocycles. The number of allylic oxidation sites excluding steroid dienone is 4. The maximum atomic E-state index is 13.1. The molecule has 0 aromatic heterocycles. The summed E-state index contributed by atoms with van der Waals surface area (Å²) >= 11 is 0. The van der Waals surface area contributed by atoms with Crippen LogP contribution in [0.25, 0.3) is 0 Å². The van der Waals surface area contributed by atoms with Crippen LogP contribution in [-0.2, 0) is 65.4 Å². The molecule has 0 bridgehead atoms. The van der Waals surface area contributed by atoms with E-state index in [1.807, 2.05) is 0 Å². The number of phosphoric ester groups is 2. The number of hydrogen-bond donors (Lipinski definition) is 3. The molecule has 0 rings (SSSR count). The molecule has 0 heterocycles. The van der Waals surface area contributed by atoms with Crippen LogP contribution in [-0.4, -0.2) is 96.7 Å². The second kappa shape index (κ2) is 72.7. The van der Waals surface area contributed by atoms with Crippen molar-refractivity contribution in [3.8, 4) is 0 Å². The first-order valence-electron chi connectivity index (χ1n) is 42.2. The van der Waals surface area contributed by atoms with Gasteiger partial charge in [0.05, 0.1) is 26.4 Å². The van der Waals surface area contributed by atoms with E-state index in [0.717, 1.165) is 127 Å². The van der Waals surface area contributed by atoms with Crippen molar-refractivity contribution in [1.29, 1.82) is 0 Å². The van der Waals surface area contributed by atoms with Crippen molar-refractivity contribution in [2.75, 3.05) is 39.6 Å². The minimum atomic E-state index is -4.97. The van der Waals surface area contributed by atoms with E-state index < -0.39 is 97.5 Å². The number of ether oxygens (including phenoxy) is 4. The topological polar surface area (TPSA) is 237 Å². The number of carbonyl (C=O) groups excluding carboxylic acids is 4. The highest BCUT2D eigenvalue weighted by molar-refractivity contribution is 7.47. The Hall–Kier alpha value is -2.46. The summed E-state index contributed by atoms with van der Waals surface area (Å²) in [6.07, 6.45) is 64.6. The number of carbonyl (C=O) groups is 4. The highest BCUT2D eigenvalue weighted by Gasteiger charge is 2.30. The van der Waals surface area contributed by atoms with Gasteiger partial charge in [-0.1, -0.05) is 355 Å². The first-order chi connectivity index (χ1) is 49.2. The number of aliphatic hydroxyl groups is 1. The van der Waals surface area contributed by atoms with Crippen LogP contribution in [0.3, 0.4) is 0 Å². The first kappa shape index (κ1) is 99.5. The zero-order valence-electron chi connectivity index (χ0n) is 66.6. The maximum absolute atomic E-state index is 13.1. The molecule has 3 N–H and O–H groups in total. The predicted molar refractivity (Wildman–Crippen MR) is 418 cm³/mol. The molecule has 0 aromatic carbocycles. The molecule has 0 aliphatic rings. The van der Waals surface area contributed by atoms with Crippen LogP contribution in [0.15, 0.2) is 24.3 Å². The molecule has 602 valence electrons. The summed E-state index contributed by atoms with van der Waals surface area (Å²) in [4.78, 5) is 73.1. The molecule has 0 aliphatic carbocycles. The van der Waals surface area contributed by atoms with Crippen LogP contribution < -0.4 is 0 Å². The average molecular weight is 1490 g/mol. The fourth-order valence-corrected chi connectivity index (χ4v) is 13.9.